The van der Waals surface area contributed by atoms with E-state index in [2.05, 4.69) is 15.3 Å². The van der Waals surface area contributed by atoms with Crippen LogP contribution >= 0.6 is 0 Å². The van der Waals surface area contributed by atoms with E-state index in [1.54, 1.807) is 0 Å². The number of nitrogens with zero attached hydrogens (tertiary/aromatic N) is 1. The lowest BCUT2D eigenvalue weighted by Crippen LogP contribution is -2.40. The number of aromatic amines is 1. The predicted molar refractivity (Wildman–Crippen MR) is 79.8 cm³/mol. The summed E-state index contributed by atoms with van der Waals surface area (Å²) in [6.45, 7) is 0.297. The summed E-state index contributed by atoms with van der Waals surface area (Å²) in [7, 11) is 0. The van der Waals surface area contributed by atoms with Crippen molar-refractivity contribution in [1.29, 1.82) is 0 Å². The first-order valence-corrected chi connectivity index (χ1v) is 7.27. The first-order valence-electron chi connectivity index (χ1n) is 7.27. The van der Waals surface area contributed by atoms with E-state index < -0.39 is 5.60 Å². The Bertz CT molecular complexity index is 615. The molecule has 0 unspecified atom stereocenters. The number of amides is 1. The fourth-order valence-corrected chi connectivity index (χ4v) is 2.73. The highest BCUT2D eigenvalue weighted by Crippen LogP contribution is 2.28. The van der Waals surface area contributed by atoms with Crippen LogP contribution in [-0.4, -0.2) is 33.1 Å². The average molecular weight is 285 g/mol. The van der Waals surface area contributed by atoms with Crippen molar-refractivity contribution in [2.75, 3.05) is 6.54 Å². The smallest absolute Gasteiger partial charge is 0.269 e. The number of hydrogen-bond donors (Lipinski definition) is 3. The van der Waals surface area contributed by atoms with Gasteiger partial charge in [0, 0.05) is 12.1 Å². The Hall–Kier alpha value is -2.14. The molecule has 1 fully saturated rings. The van der Waals surface area contributed by atoms with Crippen molar-refractivity contribution in [3.63, 3.8) is 0 Å². The van der Waals surface area contributed by atoms with E-state index in [1.807, 2.05) is 30.3 Å². The highest BCUT2D eigenvalue weighted by molar-refractivity contribution is 5.92. The maximum absolute atomic E-state index is 12.1. The minimum Gasteiger partial charge on any atom is -0.388 e. The summed E-state index contributed by atoms with van der Waals surface area (Å²) in [5.41, 5.74) is 0.610. The average Bonchev–Trinajstić information content (AvgIpc) is 3.16. The molecule has 1 aliphatic carbocycles. The highest BCUT2D eigenvalue weighted by atomic mass is 16.3. The van der Waals surface area contributed by atoms with Gasteiger partial charge in [-0.3, -0.25) is 4.79 Å². The molecule has 3 rings (SSSR count). The summed E-state index contributed by atoms with van der Waals surface area (Å²) in [4.78, 5) is 19.3. The van der Waals surface area contributed by atoms with Gasteiger partial charge in [0.05, 0.1) is 11.8 Å². The van der Waals surface area contributed by atoms with Gasteiger partial charge in [0.2, 0.25) is 0 Å². The van der Waals surface area contributed by atoms with Gasteiger partial charge in [0.1, 0.15) is 11.5 Å². The Balaban J connectivity index is 1.64. The van der Waals surface area contributed by atoms with Crippen LogP contribution in [0.5, 0.6) is 0 Å². The van der Waals surface area contributed by atoms with Gasteiger partial charge in [-0.1, -0.05) is 43.2 Å². The molecule has 21 heavy (non-hydrogen) atoms. The molecule has 1 aromatic carbocycles. The van der Waals surface area contributed by atoms with Crippen LogP contribution in [0.1, 0.15) is 36.2 Å². The summed E-state index contributed by atoms with van der Waals surface area (Å²) in [5.74, 6) is 0.435. The minimum absolute atomic E-state index is 0.231. The van der Waals surface area contributed by atoms with E-state index in [1.165, 1.54) is 6.20 Å². The van der Waals surface area contributed by atoms with Gasteiger partial charge in [-0.15, -0.1) is 0 Å². The molecule has 5 heteroatoms. The summed E-state index contributed by atoms with van der Waals surface area (Å²) < 4.78 is 0. The van der Waals surface area contributed by atoms with Gasteiger partial charge in [-0.05, 0) is 12.8 Å². The number of carbonyl (C=O) groups is 1. The van der Waals surface area contributed by atoms with E-state index in [0.717, 1.165) is 31.2 Å². The Morgan fingerprint density at radius 3 is 2.71 bits per heavy atom. The zero-order valence-corrected chi connectivity index (χ0v) is 11.8. The van der Waals surface area contributed by atoms with Crippen LogP contribution in [-0.2, 0) is 0 Å². The van der Waals surface area contributed by atoms with Crippen molar-refractivity contribution in [2.24, 2.45) is 0 Å². The van der Waals surface area contributed by atoms with Crippen LogP contribution in [0, 0.1) is 0 Å². The molecule has 110 valence electrons. The fraction of sp³-hybridized carbons (Fsp3) is 0.375. The second-order valence-electron chi connectivity index (χ2n) is 5.63. The monoisotopic (exact) mass is 285 g/mol. The summed E-state index contributed by atoms with van der Waals surface area (Å²) >= 11 is 0. The third kappa shape index (κ3) is 3.13. The quantitative estimate of drug-likeness (QED) is 0.805. The lowest BCUT2D eigenvalue weighted by molar-refractivity contribution is 0.0448. The first kappa shape index (κ1) is 13.8. The molecule has 0 bridgehead atoms. The third-order valence-corrected chi connectivity index (χ3v) is 3.98. The molecule has 0 radical (unpaired) electrons. The molecule has 1 aliphatic rings. The van der Waals surface area contributed by atoms with Crippen molar-refractivity contribution in [3.05, 3.63) is 42.2 Å². The first-order chi connectivity index (χ1) is 10.2. The molecule has 3 N–H and O–H groups in total. The molecule has 0 spiro atoms. The Morgan fingerprint density at radius 1 is 1.29 bits per heavy atom. The number of carbonyl (C=O) groups excluding carboxylic acids is 1. The van der Waals surface area contributed by atoms with Crippen LogP contribution in [0.3, 0.4) is 0 Å². The van der Waals surface area contributed by atoms with Crippen molar-refractivity contribution >= 4 is 5.91 Å². The molecule has 1 saturated carbocycles. The minimum atomic E-state index is -0.738. The molecule has 1 aromatic heterocycles. The largest absolute Gasteiger partial charge is 0.388 e. The van der Waals surface area contributed by atoms with Gasteiger partial charge in [-0.2, -0.15) is 0 Å². The molecule has 0 atom stereocenters. The second kappa shape index (κ2) is 5.69. The van der Waals surface area contributed by atoms with Crippen LogP contribution in [0.15, 0.2) is 36.5 Å². The molecule has 5 nitrogen and oxygen atoms in total. The topological polar surface area (TPSA) is 78.0 Å². The maximum Gasteiger partial charge on any atom is 0.269 e. The number of H-pyrrole nitrogens is 1. The molecular weight excluding hydrogens is 266 g/mol. The predicted octanol–water partition coefficient (Wildman–Crippen LogP) is 2.11. The Labute approximate surface area is 123 Å². The maximum atomic E-state index is 12.1. The third-order valence-electron chi connectivity index (χ3n) is 3.98. The summed E-state index contributed by atoms with van der Waals surface area (Å²) in [6, 6.07) is 9.65. The van der Waals surface area contributed by atoms with Crippen molar-refractivity contribution in [2.45, 2.75) is 31.3 Å². The molecule has 0 saturated heterocycles. The number of benzene rings is 1. The van der Waals surface area contributed by atoms with Crippen LogP contribution in [0.2, 0.25) is 0 Å². The zero-order valence-electron chi connectivity index (χ0n) is 11.8. The second-order valence-corrected chi connectivity index (χ2v) is 5.63. The van der Waals surface area contributed by atoms with Crippen molar-refractivity contribution in [1.82, 2.24) is 15.3 Å². The number of aromatic nitrogens is 2. The lowest BCUT2D eigenvalue weighted by atomic mass is 10.0. The SMILES string of the molecule is O=C(NCC1(O)CCCC1)c1cnc(-c2ccccc2)[nH]1. The van der Waals surface area contributed by atoms with E-state index in [-0.39, 0.29) is 5.91 Å². The van der Waals surface area contributed by atoms with E-state index >= 15 is 0 Å². The molecule has 2 aromatic rings. The Morgan fingerprint density at radius 2 is 2.00 bits per heavy atom. The Kier molecular flexibility index (Phi) is 3.75. The number of imidazole rings is 1. The standard InChI is InChI=1S/C16H19N3O2/c20-15(18-11-16(21)8-4-5-9-16)13-10-17-14(19-13)12-6-2-1-3-7-12/h1-3,6-7,10,21H,4-5,8-9,11H2,(H,17,19)(H,18,20). The van der Waals surface area contributed by atoms with E-state index in [4.69, 9.17) is 0 Å². The number of rotatable bonds is 4. The van der Waals surface area contributed by atoms with Gasteiger partial charge in [-0.25, -0.2) is 4.98 Å². The van der Waals surface area contributed by atoms with Gasteiger partial charge >= 0.3 is 0 Å². The van der Waals surface area contributed by atoms with Crippen LogP contribution < -0.4 is 5.32 Å². The fourth-order valence-electron chi connectivity index (χ4n) is 2.73. The van der Waals surface area contributed by atoms with E-state index in [9.17, 15) is 9.90 Å². The zero-order chi connectivity index (χ0) is 14.7. The number of aliphatic hydroxyl groups is 1. The normalized spacial score (nSPS) is 16.8. The van der Waals surface area contributed by atoms with Gasteiger partial charge < -0.3 is 15.4 Å². The van der Waals surface area contributed by atoms with Crippen LogP contribution in [0.4, 0.5) is 0 Å². The number of hydrogen-bond acceptors (Lipinski definition) is 3. The van der Waals surface area contributed by atoms with Crippen LogP contribution in [0.25, 0.3) is 11.4 Å². The summed E-state index contributed by atoms with van der Waals surface area (Å²) in [6.07, 6.45) is 5.08. The van der Waals surface area contributed by atoms with Crippen molar-refractivity contribution < 1.29 is 9.90 Å². The van der Waals surface area contributed by atoms with Gasteiger partial charge in [0.25, 0.3) is 5.91 Å². The molecule has 1 amide bonds. The van der Waals surface area contributed by atoms with Gasteiger partial charge in [0.15, 0.2) is 0 Å². The van der Waals surface area contributed by atoms with Crippen molar-refractivity contribution in [3.8, 4) is 11.4 Å². The molecule has 1 heterocycles. The molecular formula is C16H19N3O2. The lowest BCUT2D eigenvalue weighted by Gasteiger charge is -2.21. The molecule has 0 aliphatic heterocycles. The number of nitrogens with one attached hydrogen (secondary N) is 2. The summed E-state index contributed by atoms with van der Waals surface area (Å²) in [5, 5.41) is 13.0. The van der Waals surface area contributed by atoms with E-state index in [0.29, 0.717) is 18.1 Å². The highest BCUT2D eigenvalue weighted by Gasteiger charge is 2.31.